The normalized spacial score (nSPS) is 28.0. The number of rotatable bonds is 5. The number of hydrogen-bond acceptors (Lipinski definition) is 4. The summed E-state index contributed by atoms with van der Waals surface area (Å²) in [5.41, 5.74) is 1.11. The smallest absolute Gasteiger partial charge is 0.136 e. The molecule has 0 heterocycles. The van der Waals surface area contributed by atoms with E-state index in [4.69, 9.17) is 9.47 Å². The zero-order valence-corrected chi connectivity index (χ0v) is 15.7. The Bertz CT molecular complexity index is 762. The van der Waals surface area contributed by atoms with Crippen molar-refractivity contribution < 1.29 is 19.4 Å². The first-order chi connectivity index (χ1) is 12.4. The lowest BCUT2D eigenvalue weighted by Gasteiger charge is -2.28. The number of hydrogen-bond donors (Lipinski definition) is 1. The lowest BCUT2D eigenvalue weighted by Crippen LogP contribution is -2.36. The van der Waals surface area contributed by atoms with Crippen molar-refractivity contribution in [2.24, 2.45) is 5.92 Å². The molecule has 1 fully saturated rings. The summed E-state index contributed by atoms with van der Waals surface area (Å²) in [7, 11) is 3.27. The number of ether oxygens (including phenoxy) is 2. The van der Waals surface area contributed by atoms with Crippen LogP contribution in [-0.2, 0) is 4.79 Å². The molecule has 0 spiro atoms. The minimum atomic E-state index is -1.04. The Morgan fingerprint density at radius 1 is 0.962 bits per heavy atom. The predicted octanol–water partition coefficient (Wildman–Crippen LogP) is 3.93. The van der Waals surface area contributed by atoms with E-state index in [0.29, 0.717) is 6.42 Å². The second-order valence-electron chi connectivity index (χ2n) is 7.33. The molecule has 0 radical (unpaired) electrons. The van der Waals surface area contributed by atoms with Gasteiger partial charge in [-0.3, -0.25) is 4.79 Å². The highest BCUT2D eigenvalue weighted by Gasteiger charge is 2.52. The molecule has 4 atom stereocenters. The Hall–Kier alpha value is -2.33. The molecule has 138 valence electrons. The molecule has 0 unspecified atom stereocenters. The largest absolute Gasteiger partial charge is 0.497 e. The van der Waals surface area contributed by atoms with Crippen LogP contribution >= 0.6 is 0 Å². The molecule has 4 heteroatoms. The van der Waals surface area contributed by atoms with Crippen LogP contribution in [0, 0.1) is 5.92 Å². The molecule has 0 saturated heterocycles. The standard InChI is InChI=1S/C22H26O4/c1-14(23)21-20(16-7-11-18(26-4)12-8-16)19(13-22(21,2)24)15-5-9-17(25-3)10-6-15/h5-12,19-21,24H,13H2,1-4H3/t19-,20-,21+,22-/m1/s1. The van der Waals surface area contributed by atoms with Gasteiger partial charge >= 0.3 is 0 Å². The third-order valence-corrected chi connectivity index (χ3v) is 5.58. The Morgan fingerprint density at radius 2 is 1.42 bits per heavy atom. The van der Waals surface area contributed by atoms with Gasteiger partial charge in [0.05, 0.1) is 25.7 Å². The number of Topliss-reactive ketones (excluding diaryl/α,β-unsaturated/α-hetero) is 1. The maximum absolute atomic E-state index is 12.4. The Morgan fingerprint density at radius 3 is 1.85 bits per heavy atom. The van der Waals surface area contributed by atoms with Crippen LogP contribution in [0.3, 0.4) is 0 Å². The van der Waals surface area contributed by atoms with Gasteiger partial charge in [0, 0.05) is 5.92 Å². The predicted molar refractivity (Wildman–Crippen MR) is 101 cm³/mol. The van der Waals surface area contributed by atoms with E-state index in [0.717, 1.165) is 22.6 Å². The van der Waals surface area contributed by atoms with Gasteiger partial charge in [0.2, 0.25) is 0 Å². The van der Waals surface area contributed by atoms with E-state index in [2.05, 4.69) is 0 Å². The third kappa shape index (κ3) is 3.34. The molecule has 26 heavy (non-hydrogen) atoms. The van der Waals surface area contributed by atoms with Crippen LogP contribution in [0.15, 0.2) is 48.5 Å². The molecule has 0 aromatic heterocycles. The van der Waals surface area contributed by atoms with Gasteiger partial charge in [-0.1, -0.05) is 24.3 Å². The van der Waals surface area contributed by atoms with E-state index in [1.165, 1.54) is 0 Å². The van der Waals surface area contributed by atoms with E-state index in [9.17, 15) is 9.90 Å². The fourth-order valence-corrected chi connectivity index (χ4v) is 4.44. The minimum absolute atomic E-state index is 0.0202. The molecule has 0 aliphatic heterocycles. The topological polar surface area (TPSA) is 55.8 Å². The molecular weight excluding hydrogens is 328 g/mol. The van der Waals surface area contributed by atoms with Crippen LogP contribution in [0.25, 0.3) is 0 Å². The van der Waals surface area contributed by atoms with Gasteiger partial charge in [0.15, 0.2) is 0 Å². The molecule has 0 amide bonds. The van der Waals surface area contributed by atoms with Crippen LogP contribution < -0.4 is 9.47 Å². The summed E-state index contributed by atoms with van der Waals surface area (Å²) in [6.07, 6.45) is 0.542. The van der Waals surface area contributed by atoms with Gasteiger partial charge in [0.25, 0.3) is 0 Å². The molecule has 1 N–H and O–H groups in total. The summed E-state index contributed by atoms with van der Waals surface area (Å²) in [5, 5.41) is 11.0. The summed E-state index contributed by atoms with van der Waals surface area (Å²) < 4.78 is 10.5. The summed E-state index contributed by atoms with van der Waals surface area (Å²) in [6.45, 7) is 3.35. The number of methoxy groups -OCH3 is 2. The molecule has 0 bridgehead atoms. The van der Waals surface area contributed by atoms with E-state index in [-0.39, 0.29) is 17.6 Å². The van der Waals surface area contributed by atoms with Crippen molar-refractivity contribution in [3.05, 3.63) is 59.7 Å². The van der Waals surface area contributed by atoms with Gasteiger partial charge in [-0.25, -0.2) is 0 Å². The number of carbonyl (C=O) groups excluding carboxylic acids is 1. The molecule has 1 saturated carbocycles. The van der Waals surface area contributed by atoms with E-state index >= 15 is 0 Å². The first kappa shape index (κ1) is 18.5. The zero-order chi connectivity index (χ0) is 18.9. The zero-order valence-electron chi connectivity index (χ0n) is 15.7. The quantitative estimate of drug-likeness (QED) is 0.884. The van der Waals surface area contributed by atoms with Crippen LogP contribution in [0.1, 0.15) is 43.2 Å². The van der Waals surface area contributed by atoms with E-state index < -0.39 is 11.5 Å². The van der Waals surface area contributed by atoms with Crippen molar-refractivity contribution in [1.82, 2.24) is 0 Å². The number of aliphatic hydroxyl groups is 1. The lowest BCUT2D eigenvalue weighted by molar-refractivity contribution is -0.127. The number of carbonyl (C=O) groups is 1. The first-order valence-electron chi connectivity index (χ1n) is 8.88. The highest BCUT2D eigenvalue weighted by molar-refractivity contribution is 5.81. The van der Waals surface area contributed by atoms with Gasteiger partial charge in [-0.15, -0.1) is 0 Å². The van der Waals surface area contributed by atoms with Crippen molar-refractivity contribution in [1.29, 1.82) is 0 Å². The molecular formula is C22H26O4. The van der Waals surface area contributed by atoms with Gasteiger partial charge < -0.3 is 14.6 Å². The summed E-state index contributed by atoms with van der Waals surface area (Å²) in [4.78, 5) is 12.4. The third-order valence-electron chi connectivity index (χ3n) is 5.58. The van der Waals surface area contributed by atoms with E-state index in [1.807, 2.05) is 48.5 Å². The van der Waals surface area contributed by atoms with Gasteiger partial charge in [-0.2, -0.15) is 0 Å². The fraction of sp³-hybridized carbons (Fsp3) is 0.409. The highest BCUT2D eigenvalue weighted by Crippen LogP contribution is 2.54. The van der Waals surface area contributed by atoms with Crippen molar-refractivity contribution in [2.45, 2.75) is 37.7 Å². The molecule has 1 aliphatic rings. The molecule has 1 aliphatic carbocycles. The lowest BCUT2D eigenvalue weighted by atomic mass is 9.77. The second-order valence-corrected chi connectivity index (χ2v) is 7.33. The van der Waals surface area contributed by atoms with Crippen LogP contribution in [0.5, 0.6) is 11.5 Å². The summed E-state index contributed by atoms with van der Waals surface area (Å²) in [6, 6.07) is 15.7. The molecule has 2 aromatic rings. The van der Waals surface area contributed by atoms with Crippen LogP contribution in [0.4, 0.5) is 0 Å². The van der Waals surface area contributed by atoms with Crippen LogP contribution in [-0.4, -0.2) is 30.7 Å². The fourth-order valence-electron chi connectivity index (χ4n) is 4.44. The second kappa shape index (κ2) is 7.12. The number of ketones is 1. The van der Waals surface area contributed by atoms with Crippen molar-refractivity contribution in [2.75, 3.05) is 14.2 Å². The molecule has 4 nitrogen and oxygen atoms in total. The van der Waals surface area contributed by atoms with Crippen molar-refractivity contribution >= 4 is 5.78 Å². The monoisotopic (exact) mass is 354 g/mol. The van der Waals surface area contributed by atoms with E-state index in [1.54, 1.807) is 28.1 Å². The van der Waals surface area contributed by atoms with Crippen LogP contribution in [0.2, 0.25) is 0 Å². The average molecular weight is 354 g/mol. The van der Waals surface area contributed by atoms with Crippen molar-refractivity contribution in [3.63, 3.8) is 0 Å². The molecule has 3 rings (SSSR count). The Kier molecular flexibility index (Phi) is 5.05. The maximum atomic E-state index is 12.4. The maximum Gasteiger partial charge on any atom is 0.136 e. The highest BCUT2D eigenvalue weighted by atomic mass is 16.5. The molecule has 2 aromatic carbocycles. The Balaban J connectivity index is 2.06. The SMILES string of the molecule is COc1ccc([C@@H]2[C@@H](c3ccc(OC)cc3)C[C@@](C)(O)[C@H]2C(C)=O)cc1. The summed E-state index contributed by atoms with van der Waals surface area (Å²) >= 11 is 0. The summed E-state index contributed by atoms with van der Waals surface area (Å²) in [5.74, 6) is 1.12. The van der Waals surface area contributed by atoms with Crippen molar-refractivity contribution in [3.8, 4) is 11.5 Å². The van der Waals surface area contributed by atoms with Gasteiger partial charge in [0.1, 0.15) is 17.3 Å². The van der Waals surface area contributed by atoms with Gasteiger partial charge in [-0.05, 0) is 61.6 Å². The Labute approximate surface area is 154 Å². The minimum Gasteiger partial charge on any atom is -0.497 e. The first-order valence-corrected chi connectivity index (χ1v) is 8.88. The average Bonchev–Trinajstić information content (AvgIpc) is 2.93. The number of benzene rings is 2.